The molecule has 5 heteroatoms. The fraction of sp³-hybridized carbons (Fsp3) is 0.300. The van der Waals surface area contributed by atoms with Crippen LogP contribution in [0.15, 0.2) is 18.2 Å². The maximum Gasteiger partial charge on any atom is 0.298 e. The Balaban J connectivity index is 3.01. The van der Waals surface area contributed by atoms with Gasteiger partial charge in [0, 0.05) is 24.8 Å². The molecular weight excluding hydrogens is 220 g/mol. The third-order valence-electron chi connectivity index (χ3n) is 1.78. The fourth-order valence-corrected chi connectivity index (χ4v) is 1.45. The second kappa shape index (κ2) is 5.70. The van der Waals surface area contributed by atoms with E-state index >= 15 is 0 Å². The Morgan fingerprint density at radius 3 is 2.47 bits per heavy atom. The molecule has 0 amide bonds. The molecule has 0 saturated heterocycles. The number of rotatable bonds is 5. The van der Waals surface area contributed by atoms with Crippen molar-refractivity contribution in [2.24, 2.45) is 0 Å². The van der Waals surface area contributed by atoms with Crippen LogP contribution in [0.25, 0.3) is 0 Å². The van der Waals surface area contributed by atoms with Crippen molar-refractivity contribution in [2.45, 2.75) is 6.29 Å². The number of ether oxygens (including phenoxy) is 3. The maximum absolute atomic E-state index is 10.2. The third kappa shape index (κ3) is 3.20. The number of carbonyl (C=O) groups is 1. The van der Waals surface area contributed by atoms with E-state index in [2.05, 4.69) is 0 Å². The lowest BCUT2D eigenvalue weighted by molar-refractivity contribution is -0.120. The van der Waals surface area contributed by atoms with Crippen LogP contribution in [0.5, 0.6) is 5.75 Å². The predicted molar refractivity (Wildman–Crippen MR) is 54.9 cm³/mol. The molecule has 0 radical (unpaired) electrons. The molecule has 0 saturated carbocycles. The highest BCUT2D eigenvalue weighted by Crippen LogP contribution is 2.26. The van der Waals surface area contributed by atoms with E-state index in [9.17, 15) is 4.79 Å². The first-order chi connectivity index (χ1) is 7.21. The second-order valence-electron chi connectivity index (χ2n) is 2.74. The lowest BCUT2D eigenvalue weighted by Gasteiger charge is -2.14. The van der Waals surface area contributed by atoms with Gasteiger partial charge < -0.3 is 14.2 Å². The van der Waals surface area contributed by atoms with Crippen LogP contribution < -0.4 is 4.74 Å². The number of hydrogen-bond acceptors (Lipinski definition) is 4. The standard InChI is InChI=1S/C10H11ClO4/c1-13-10(14-2)7-3-8(11)5-9(4-7)15-6-12/h3-6,10H,1-2H3. The van der Waals surface area contributed by atoms with Gasteiger partial charge in [-0.3, -0.25) is 4.79 Å². The zero-order valence-electron chi connectivity index (χ0n) is 8.40. The van der Waals surface area contributed by atoms with Crippen LogP contribution in [0.2, 0.25) is 5.02 Å². The Hall–Kier alpha value is -1.10. The zero-order chi connectivity index (χ0) is 11.3. The van der Waals surface area contributed by atoms with Gasteiger partial charge in [0.05, 0.1) is 0 Å². The van der Waals surface area contributed by atoms with Crippen LogP contribution in [0.4, 0.5) is 0 Å². The molecule has 0 aliphatic heterocycles. The Bertz CT molecular complexity index is 336. The minimum absolute atomic E-state index is 0.337. The molecule has 0 spiro atoms. The van der Waals surface area contributed by atoms with Crippen molar-refractivity contribution in [3.63, 3.8) is 0 Å². The van der Waals surface area contributed by atoms with Gasteiger partial charge in [0.1, 0.15) is 5.75 Å². The van der Waals surface area contributed by atoms with E-state index in [1.807, 2.05) is 0 Å². The molecule has 0 unspecified atom stereocenters. The average molecular weight is 231 g/mol. The first-order valence-corrected chi connectivity index (χ1v) is 4.55. The van der Waals surface area contributed by atoms with E-state index in [0.717, 1.165) is 0 Å². The summed E-state index contributed by atoms with van der Waals surface area (Å²) in [4.78, 5) is 10.2. The minimum atomic E-state index is -0.530. The van der Waals surface area contributed by atoms with Crippen LogP contribution in [-0.2, 0) is 14.3 Å². The molecule has 4 nitrogen and oxygen atoms in total. The predicted octanol–water partition coefficient (Wildman–Crippen LogP) is 2.17. The van der Waals surface area contributed by atoms with Crippen LogP contribution >= 0.6 is 11.6 Å². The Morgan fingerprint density at radius 2 is 1.93 bits per heavy atom. The first kappa shape index (κ1) is 12.0. The summed E-state index contributed by atoms with van der Waals surface area (Å²) in [5, 5.41) is 0.448. The number of benzene rings is 1. The number of carbonyl (C=O) groups excluding carboxylic acids is 1. The molecule has 0 atom stereocenters. The van der Waals surface area contributed by atoms with Crippen molar-refractivity contribution in [1.29, 1.82) is 0 Å². The quantitative estimate of drug-likeness (QED) is 0.575. The lowest BCUT2D eigenvalue weighted by atomic mass is 10.2. The van der Waals surface area contributed by atoms with Gasteiger partial charge in [0.2, 0.25) is 0 Å². The van der Waals surface area contributed by atoms with E-state index in [-0.39, 0.29) is 0 Å². The molecule has 0 heterocycles. The van der Waals surface area contributed by atoms with Gasteiger partial charge >= 0.3 is 0 Å². The highest BCUT2D eigenvalue weighted by atomic mass is 35.5. The lowest BCUT2D eigenvalue weighted by Crippen LogP contribution is -2.04. The average Bonchev–Trinajstić information content (AvgIpc) is 2.19. The smallest absolute Gasteiger partial charge is 0.298 e. The van der Waals surface area contributed by atoms with Crippen molar-refractivity contribution < 1.29 is 19.0 Å². The summed E-state index contributed by atoms with van der Waals surface area (Å²) in [5.41, 5.74) is 0.685. The fourth-order valence-electron chi connectivity index (χ4n) is 1.21. The van der Waals surface area contributed by atoms with Gasteiger partial charge in [-0.05, 0) is 18.2 Å². The summed E-state index contributed by atoms with van der Waals surface area (Å²) in [6.07, 6.45) is -0.530. The van der Waals surface area contributed by atoms with Gasteiger partial charge in [-0.25, -0.2) is 0 Å². The Labute approximate surface area is 92.7 Å². The molecule has 1 aromatic rings. The normalized spacial score (nSPS) is 10.4. The maximum atomic E-state index is 10.2. The van der Waals surface area contributed by atoms with Gasteiger partial charge in [-0.1, -0.05) is 11.6 Å². The molecule has 0 fully saturated rings. The molecule has 0 aromatic heterocycles. The molecule has 82 valence electrons. The van der Waals surface area contributed by atoms with Crippen LogP contribution in [-0.4, -0.2) is 20.7 Å². The van der Waals surface area contributed by atoms with E-state index < -0.39 is 6.29 Å². The highest BCUT2D eigenvalue weighted by molar-refractivity contribution is 6.30. The molecule has 1 rings (SSSR count). The Kier molecular flexibility index (Phi) is 4.55. The van der Waals surface area contributed by atoms with E-state index in [4.69, 9.17) is 25.8 Å². The van der Waals surface area contributed by atoms with Gasteiger partial charge in [0.25, 0.3) is 6.47 Å². The zero-order valence-corrected chi connectivity index (χ0v) is 9.15. The van der Waals surface area contributed by atoms with Crippen LogP contribution in [0.3, 0.4) is 0 Å². The number of methoxy groups -OCH3 is 2. The minimum Gasteiger partial charge on any atom is -0.429 e. The molecule has 0 bridgehead atoms. The van der Waals surface area contributed by atoms with Crippen molar-refractivity contribution in [2.75, 3.05) is 14.2 Å². The number of halogens is 1. The van der Waals surface area contributed by atoms with Gasteiger partial charge in [-0.15, -0.1) is 0 Å². The summed E-state index contributed by atoms with van der Waals surface area (Å²) < 4.78 is 14.8. The molecular formula is C10H11ClO4. The molecule has 1 aromatic carbocycles. The first-order valence-electron chi connectivity index (χ1n) is 4.17. The van der Waals surface area contributed by atoms with Crippen molar-refractivity contribution >= 4 is 18.1 Å². The van der Waals surface area contributed by atoms with Crippen molar-refractivity contribution in [1.82, 2.24) is 0 Å². The number of hydrogen-bond donors (Lipinski definition) is 0. The van der Waals surface area contributed by atoms with E-state index in [1.54, 1.807) is 12.1 Å². The molecule has 0 aliphatic rings. The summed E-state index contributed by atoms with van der Waals surface area (Å²) in [7, 11) is 3.02. The summed E-state index contributed by atoms with van der Waals surface area (Å²) in [6, 6.07) is 4.83. The summed E-state index contributed by atoms with van der Waals surface area (Å²) in [6.45, 7) is 0.337. The highest BCUT2D eigenvalue weighted by Gasteiger charge is 2.11. The van der Waals surface area contributed by atoms with Gasteiger partial charge in [0.15, 0.2) is 6.29 Å². The second-order valence-corrected chi connectivity index (χ2v) is 3.17. The van der Waals surface area contributed by atoms with Crippen LogP contribution in [0.1, 0.15) is 11.9 Å². The largest absolute Gasteiger partial charge is 0.429 e. The van der Waals surface area contributed by atoms with Crippen molar-refractivity contribution in [3.8, 4) is 5.75 Å². The third-order valence-corrected chi connectivity index (χ3v) is 2.00. The topological polar surface area (TPSA) is 44.8 Å². The molecule has 0 aliphatic carbocycles. The van der Waals surface area contributed by atoms with Crippen molar-refractivity contribution in [3.05, 3.63) is 28.8 Å². The summed E-state index contributed by atoms with van der Waals surface area (Å²) >= 11 is 5.84. The monoisotopic (exact) mass is 230 g/mol. The van der Waals surface area contributed by atoms with Gasteiger partial charge in [-0.2, -0.15) is 0 Å². The Morgan fingerprint density at radius 1 is 1.27 bits per heavy atom. The van der Waals surface area contributed by atoms with E-state index in [1.165, 1.54) is 20.3 Å². The van der Waals surface area contributed by atoms with E-state index in [0.29, 0.717) is 22.8 Å². The summed E-state index contributed by atoms with van der Waals surface area (Å²) in [5.74, 6) is 0.353. The molecule has 0 N–H and O–H groups in total. The van der Waals surface area contributed by atoms with Crippen LogP contribution in [0, 0.1) is 0 Å². The molecule has 15 heavy (non-hydrogen) atoms. The SMILES string of the molecule is COC(OC)c1cc(Cl)cc(OC=O)c1.